The summed E-state index contributed by atoms with van der Waals surface area (Å²) in [4.78, 5) is 11.0. The van der Waals surface area contributed by atoms with Crippen LogP contribution >= 0.6 is 0 Å². The Morgan fingerprint density at radius 1 is 1.29 bits per heavy atom. The summed E-state index contributed by atoms with van der Waals surface area (Å²) >= 11 is 0. The number of alkyl carbamates (subject to hydrolysis) is 1. The molecule has 0 fully saturated rings. The van der Waals surface area contributed by atoms with E-state index in [1.165, 1.54) is 0 Å². The number of amides is 1. The number of carbonyl (C=O) groups excluding carboxylic acids is 1. The number of carbonyl (C=O) groups is 1. The lowest BCUT2D eigenvalue weighted by molar-refractivity contribution is 0.144. The fraction of sp³-hybridized carbons (Fsp3) is 0.818. The first kappa shape index (κ1) is 13.3. The van der Waals surface area contributed by atoms with Gasteiger partial charge in [0.15, 0.2) is 0 Å². The standard InChI is InChI=1S/C11H22NO2/c1-3-5-7-9-12-11(13)14-10-8-6-4-2/h1,3-10H2,2H3,(H,12,13). The number of rotatable bonds is 8. The average Bonchev–Trinajstić information content (AvgIpc) is 2.19. The first-order valence-corrected chi connectivity index (χ1v) is 5.51. The van der Waals surface area contributed by atoms with E-state index in [1.807, 2.05) is 0 Å². The van der Waals surface area contributed by atoms with E-state index in [0.717, 1.165) is 38.5 Å². The van der Waals surface area contributed by atoms with Crippen LogP contribution in [0.15, 0.2) is 0 Å². The van der Waals surface area contributed by atoms with Crippen molar-refractivity contribution in [2.75, 3.05) is 13.2 Å². The van der Waals surface area contributed by atoms with Gasteiger partial charge in [-0.2, -0.15) is 0 Å². The highest BCUT2D eigenvalue weighted by Crippen LogP contribution is 1.95. The molecule has 0 aliphatic carbocycles. The number of ether oxygens (including phenoxy) is 1. The van der Waals surface area contributed by atoms with E-state index in [-0.39, 0.29) is 6.09 Å². The Morgan fingerprint density at radius 3 is 2.71 bits per heavy atom. The van der Waals surface area contributed by atoms with Crippen molar-refractivity contribution < 1.29 is 9.53 Å². The van der Waals surface area contributed by atoms with E-state index in [9.17, 15) is 4.79 Å². The summed E-state index contributed by atoms with van der Waals surface area (Å²) in [6.07, 6.45) is 5.90. The minimum atomic E-state index is -0.287. The van der Waals surface area contributed by atoms with Crippen LogP contribution < -0.4 is 5.32 Å². The summed E-state index contributed by atoms with van der Waals surface area (Å²) in [5.74, 6) is 0. The van der Waals surface area contributed by atoms with Gasteiger partial charge in [0.05, 0.1) is 6.61 Å². The Labute approximate surface area is 87.2 Å². The van der Waals surface area contributed by atoms with Gasteiger partial charge in [0.2, 0.25) is 0 Å². The SMILES string of the molecule is [CH2]CCCCNC(=O)OCCCCC. The van der Waals surface area contributed by atoms with Crippen molar-refractivity contribution in [1.82, 2.24) is 5.32 Å². The monoisotopic (exact) mass is 200 g/mol. The molecule has 0 aliphatic heterocycles. The Morgan fingerprint density at radius 2 is 2.07 bits per heavy atom. The average molecular weight is 200 g/mol. The Bertz CT molecular complexity index is 123. The van der Waals surface area contributed by atoms with Gasteiger partial charge in [-0.25, -0.2) is 4.79 Å². The summed E-state index contributed by atoms with van der Waals surface area (Å²) < 4.78 is 4.96. The van der Waals surface area contributed by atoms with Crippen molar-refractivity contribution in [3.63, 3.8) is 0 Å². The van der Waals surface area contributed by atoms with Gasteiger partial charge in [-0.1, -0.05) is 39.5 Å². The Kier molecular flexibility index (Phi) is 9.81. The molecule has 14 heavy (non-hydrogen) atoms. The Balaban J connectivity index is 3.11. The highest BCUT2D eigenvalue weighted by atomic mass is 16.5. The molecule has 3 heteroatoms. The number of hydrogen-bond donors (Lipinski definition) is 1. The van der Waals surface area contributed by atoms with Gasteiger partial charge in [-0.05, 0) is 12.8 Å². The van der Waals surface area contributed by atoms with Crippen molar-refractivity contribution in [3.8, 4) is 0 Å². The minimum Gasteiger partial charge on any atom is -0.450 e. The molecule has 1 N–H and O–H groups in total. The molecule has 3 nitrogen and oxygen atoms in total. The van der Waals surface area contributed by atoms with Crippen LogP contribution in [-0.4, -0.2) is 19.2 Å². The maximum absolute atomic E-state index is 11.0. The molecule has 0 heterocycles. The predicted octanol–water partition coefficient (Wildman–Crippen LogP) is 2.91. The molecule has 0 bridgehead atoms. The molecule has 0 unspecified atom stereocenters. The second-order valence-electron chi connectivity index (χ2n) is 3.33. The van der Waals surface area contributed by atoms with Crippen molar-refractivity contribution in [1.29, 1.82) is 0 Å². The largest absolute Gasteiger partial charge is 0.450 e. The molecule has 1 amide bonds. The molecular formula is C11H22NO2. The van der Waals surface area contributed by atoms with Crippen LogP contribution in [0.25, 0.3) is 0 Å². The molecule has 0 aromatic heterocycles. The molecule has 0 atom stereocenters. The van der Waals surface area contributed by atoms with Gasteiger partial charge in [-0.3, -0.25) is 0 Å². The van der Waals surface area contributed by atoms with Gasteiger partial charge in [0.25, 0.3) is 0 Å². The van der Waals surface area contributed by atoms with Crippen LogP contribution in [0.4, 0.5) is 4.79 Å². The van der Waals surface area contributed by atoms with Gasteiger partial charge in [-0.15, -0.1) is 0 Å². The first-order valence-electron chi connectivity index (χ1n) is 5.51. The molecule has 0 aromatic rings. The van der Waals surface area contributed by atoms with Crippen LogP contribution in [0, 0.1) is 6.92 Å². The molecule has 0 aromatic carbocycles. The fourth-order valence-corrected chi connectivity index (χ4v) is 1.06. The Hall–Kier alpha value is -0.730. The molecule has 0 saturated carbocycles. The quantitative estimate of drug-likeness (QED) is 0.612. The van der Waals surface area contributed by atoms with Gasteiger partial charge in [0, 0.05) is 6.54 Å². The molecule has 0 saturated heterocycles. The first-order chi connectivity index (χ1) is 6.81. The molecular weight excluding hydrogens is 178 g/mol. The number of unbranched alkanes of at least 4 members (excludes halogenated alkanes) is 4. The molecule has 0 spiro atoms. The maximum Gasteiger partial charge on any atom is 0.407 e. The highest BCUT2D eigenvalue weighted by molar-refractivity contribution is 5.66. The fourth-order valence-electron chi connectivity index (χ4n) is 1.06. The minimum absolute atomic E-state index is 0.287. The molecule has 1 radical (unpaired) electrons. The van der Waals surface area contributed by atoms with Gasteiger partial charge in [0.1, 0.15) is 0 Å². The van der Waals surface area contributed by atoms with Gasteiger partial charge >= 0.3 is 6.09 Å². The zero-order valence-corrected chi connectivity index (χ0v) is 9.18. The van der Waals surface area contributed by atoms with Crippen LogP contribution in [0.5, 0.6) is 0 Å². The lowest BCUT2D eigenvalue weighted by atomic mass is 10.2. The lowest BCUT2D eigenvalue weighted by Crippen LogP contribution is -2.25. The summed E-state index contributed by atoms with van der Waals surface area (Å²) in [6, 6.07) is 0. The molecule has 0 rings (SSSR count). The van der Waals surface area contributed by atoms with E-state index in [1.54, 1.807) is 0 Å². The second kappa shape index (κ2) is 10.4. The zero-order chi connectivity index (χ0) is 10.6. The van der Waals surface area contributed by atoms with Crippen LogP contribution in [0.1, 0.15) is 45.4 Å². The second-order valence-corrected chi connectivity index (χ2v) is 3.33. The molecule has 83 valence electrons. The summed E-state index contributed by atoms with van der Waals surface area (Å²) in [7, 11) is 0. The van der Waals surface area contributed by atoms with Crippen LogP contribution in [-0.2, 0) is 4.74 Å². The smallest absolute Gasteiger partial charge is 0.407 e. The van der Waals surface area contributed by atoms with E-state index >= 15 is 0 Å². The van der Waals surface area contributed by atoms with E-state index < -0.39 is 0 Å². The van der Waals surface area contributed by atoms with Crippen molar-refractivity contribution in [2.24, 2.45) is 0 Å². The zero-order valence-electron chi connectivity index (χ0n) is 9.18. The van der Waals surface area contributed by atoms with Crippen LogP contribution in [0.3, 0.4) is 0 Å². The highest BCUT2D eigenvalue weighted by Gasteiger charge is 1.99. The number of nitrogens with one attached hydrogen (secondary N) is 1. The van der Waals surface area contributed by atoms with Crippen molar-refractivity contribution in [2.45, 2.75) is 45.4 Å². The van der Waals surface area contributed by atoms with Gasteiger partial charge < -0.3 is 10.1 Å². The number of hydrogen-bond acceptors (Lipinski definition) is 2. The van der Waals surface area contributed by atoms with E-state index in [2.05, 4.69) is 19.2 Å². The summed E-state index contributed by atoms with van der Waals surface area (Å²) in [6.45, 7) is 7.09. The third kappa shape index (κ3) is 9.36. The van der Waals surface area contributed by atoms with Crippen LogP contribution in [0.2, 0.25) is 0 Å². The normalized spacial score (nSPS) is 9.86. The lowest BCUT2D eigenvalue weighted by Gasteiger charge is -2.05. The maximum atomic E-state index is 11.0. The van der Waals surface area contributed by atoms with Crippen molar-refractivity contribution in [3.05, 3.63) is 6.92 Å². The van der Waals surface area contributed by atoms with E-state index in [4.69, 9.17) is 4.74 Å². The predicted molar refractivity (Wildman–Crippen MR) is 58.1 cm³/mol. The topological polar surface area (TPSA) is 38.3 Å². The third-order valence-corrected chi connectivity index (χ3v) is 1.93. The van der Waals surface area contributed by atoms with E-state index in [0.29, 0.717) is 13.2 Å². The summed E-state index contributed by atoms with van der Waals surface area (Å²) in [5, 5.41) is 2.71. The molecule has 0 aliphatic rings. The third-order valence-electron chi connectivity index (χ3n) is 1.93. The summed E-state index contributed by atoms with van der Waals surface area (Å²) in [5.41, 5.74) is 0. The van der Waals surface area contributed by atoms with Crippen molar-refractivity contribution >= 4 is 6.09 Å².